The Bertz CT molecular complexity index is 275. The van der Waals surface area contributed by atoms with E-state index >= 15 is 0 Å². The van der Waals surface area contributed by atoms with Crippen LogP contribution in [0.3, 0.4) is 0 Å². The van der Waals surface area contributed by atoms with Crippen molar-refractivity contribution >= 4 is 0 Å². The Hall–Kier alpha value is -0.0400. The van der Waals surface area contributed by atoms with Crippen molar-refractivity contribution in [3.63, 3.8) is 0 Å². The van der Waals surface area contributed by atoms with Crippen molar-refractivity contribution in [3.8, 4) is 0 Å². The van der Waals surface area contributed by atoms with Crippen LogP contribution < -0.4 is 0 Å². The Kier molecular flexibility index (Phi) is 3.14. The molecule has 1 aliphatic heterocycles. The van der Waals surface area contributed by atoms with Gasteiger partial charge in [0.1, 0.15) is 0 Å². The van der Waals surface area contributed by atoms with E-state index in [9.17, 15) is 0 Å². The number of hydrogen-bond donors (Lipinski definition) is 0. The van der Waals surface area contributed by atoms with Gasteiger partial charge in [-0.05, 0) is 58.3 Å². The summed E-state index contributed by atoms with van der Waals surface area (Å²) in [5, 5.41) is 0. The molecule has 0 radical (unpaired) electrons. The fraction of sp³-hybridized carbons (Fsp3) is 1.00. The average molecular weight is 237 g/mol. The zero-order valence-electron chi connectivity index (χ0n) is 12.8. The third kappa shape index (κ3) is 2.86. The predicted octanol–water partition coefficient (Wildman–Crippen LogP) is 4.61. The summed E-state index contributed by atoms with van der Waals surface area (Å²) in [5.41, 5.74) is 1.40. The number of nitrogens with zero attached hydrogens (tertiary/aromatic N) is 1. The molecule has 1 atom stereocenters. The maximum absolute atomic E-state index is 2.90. The molecule has 17 heavy (non-hydrogen) atoms. The molecule has 0 N–H and O–H groups in total. The first-order chi connectivity index (χ1) is 7.64. The number of likely N-dealkylation sites (tertiary alicyclic amines) is 1. The Balaban J connectivity index is 2.18. The monoisotopic (exact) mass is 237 g/mol. The first kappa shape index (κ1) is 13.4. The van der Waals surface area contributed by atoms with Crippen LogP contribution in [0.2, 0.25) is 0 Å². The predicted molar refractivity (Wildman–Crippen MR) is 75.3 cm³/mol. The van der Waals surface area contributed by atoms with Gasteiger partial charge in [-0.2, -0.15) is 0 Å². The van der Waals surface area contributed by atoms with E-state index in [0.717, 1.165) is 6.04 Å². The van der Waals surface area contributed by atoms with Gasteiger partial charge in [-0.25, -0.2) is 0 Å². The van der Waals surface area contributed by atoms with Crippen LogP contribution in [0.25, 0.3) is 0 Å². The summed E-state index contributed by atoms with van der Waals surface area (Å²) in [4.78, 5) is 2.90. The summed E-state index contributed by atoms with van der Waals surface area (Å²) >= 11 is 0. The zero-order chi connectivity index (χ0) is 12.9. The Labute approximate surface area is 108 Å². The van der Waals surface area contributed by atoms with Crippen LogP contribution in [-0.4, -0.2) is 22.0 Å². The van der Waals surface area contributed by atoms with Crippen molar-refractivity contribution in [2.24, 2.45) is 5.41 Å². The molecule has 1 saturated heterocycles. The smallest absolute Gasteiger partial charge is 0.0219 e. The van der Waals surface area contributed by atoms with Gasteiger partial charge >= 0.3 is 0 Å². The van der Waals surface area contributed by atoms with Gasteiger partial charge in [-0.15, -0.1) is 0 Å². The van der Waals surface area contributed by atoms with E-state index in [1.165, 1.54) is 38.5 Å². The Morgan fingerprint density at radius 2 is 1.59 bits per heavy atom. The molecule has 1 saturated carbocycles. The molecule has 100 valence electrons. The highest BCUT2D eigenvalue weighted by molar-refractivity contribution is 5.11. The summed E-state index contributed by atoms with van der Waals surface area (Å²) in [7, 11) is 0. The lowest BCUT2D eigenvalue weighted by Crippen LogP contribution is -2.58. The summed E-state index contributed by atoms with van der Waals surface area (Å²) in [6, 6.07) is 0.811. The van der Waals surface area contributed by atoms with E-state index in [1.807, 2.05) is 0 Å². The standard InChI is InChI=1S/C16H31N/c1-14(2,3)12-13-8-7-9-16(10-11-16)17(13)15(4,5)6/h13H,7-12H2,1-6H3. The fourth-order valence-electron chi connectivity index (χ4n) is 4.10. The van der Waals surface area contributed by atoms with E-state index in [0.29, 0.717) is 16.5 Å². The molecule has 1 heteroatoms. The molecular weight excluding hydrogens is 206 g/mol. The van der Waals surface area contributed by atoms with Crippen LogP contribution in [0, 0.1) is 5.41 Å². The highest BCUT2D eigenvalue weighted by Gasteiger charge is 2.55. The van der Waals surface area contributed by atoms with Gasteiger partial charge in [0.05, 0.1) is 0 Å². The van der Waals surface area contributed by atoms with E-state index in [2.05, 4.69) is 46.4 Å². The van der Waals surface area contributed by atoms with E-state index in [4.69, 9.17) is 0 Å². The van der Waals surface area contributed by atoms with E-state index in [-0.39, 0.29) is 0 Å². The third-order valence-electron chi connectivity index (χ3n) is 4.45. The summed E-state index contributed by atoms with van der Waals surface area (Å²) in [6.07, 6.45) is 8.57. The second-order valence-electron chi connectivity index (χ2n) is 8.58. The molecule has 1 aliphatic carbocycles. The molecule has 2 rings (SSSR count). The summed E-state index contributed by atoms with van der Waals surface area (Å²) < 4.78 is 0. The minimum atomic E-state index is 0.340. The van der Waals surface area contributed by atoms with Crippen LogP contribution in [0.1, 0.15) is 80.1 Å². The first-order valence-electron chi connectivity index (χ1n) is 7.44. The van der Waals surface area contributed by atoms with Crippen LogP contribution >= 0.6 is 0 Å². The van der Waals surface area contributed by atoms with Crippen molar-refractivity contribution in [3.05, 3.63) is 0 Å². The number of hydrogen-bond acceptors (Lipinski definition) is 1. The van der Waals surface area contributed by atoms with Gasteiger partial charge in [0, 0.05) is 17.1 Å². The molecular formula is C16H31N. The third-order valence-corrected chi connectivity index (χ3v) is 4.45. The molecule has 0 aromatic heterocycles. The number of rotatable bonds is 1. The maximum Gasteiger partial charge on any atom is 0.0219 e. The van der Waals surface area contributed by atoms with Crippen molar-refractivity contribution in [1.29, 1.82) is 0 Å². The molecule has 2 fully saturated rings. The maximum atomic E-state index is 2.90. The zero-order valence-corrected chi connectivity index (χ0v) is 12.8. The minimum absolute atomic E-state index is 0.340. The summed E-state index contributed by atoms with van der Waals surface area (Å²) in [6.45, 7) is 14.4. The second kappa shape index (κ2) is 3.98. The van der Waals surface area contributed by atoms with Crippen LogP contribution in [0.15, 0.2) is 0 Å². The SMILES string of the molecule is CC(C)(C)CC1CCCC2(CC2)N1C(C)(C)C. The molecule has 2 aliphatic rings. The Morgan fingerprint density at radius 3 is 2.00 bits per heavy atom. The molecule has 0 amide bonds. The highest BCUT2D eigenvalue weighted by Crippen LogP contribution is 2.54. The Morgan fingerprint density at radius 1 is 1.00 bits per heavy atom. The summed E-state index contributed by atoms with van der Waals surface area (Å²) in [5.74, 6) is 0. The van der Waals surface area contributed by atoms with E-state index in [1.54, 1.807) is 0 Å². The van der Waals surface area contributed by atoms with Crippen molar-refractivity contribution in [2.45, 2.75) is 97.2 Å². The van der Waals surface area contributed by atoms with Crippen molar-refractivity contribution in [2.75, 3.05) is 0 Å². The van der Waals surface area contributed by atoms with Crippen LogP contribution in [-0.2, 0) is 0 Å². The van der Waals surface area contributed by atoms with Gasteiger partial charge in [0.15, 0.2) is 0 Å². The topological polar surface area (TPSA) is 3.24 Å². The van der Waals surface area contributed by atoms with Crippen molar-refractivity contribution in [1.82, 2.24) is 4.90 Å². The van der Waals surface area contributed by atoms with Gasteiger partial charge < -0.3 is 0 Å². The lowest BCUT2D eigenvalue weighted by Gasteiger charge is -2.52. The highest BCUT2D eigenvalue weighted by atomic mass is 15.3. The van der Waals surface area contributed by atoms with Gasteiger partial charge in [-0.1, -0.05) is 27.2 Å². The van der Waals surface area contributed by atoms with Gasteiger partial charge in [0.2, 0.25) is 0 Å². The van der Waals surface area contributed by atoms with Gasteiger partial charge in [-0.3, -0.25) is 4.90 Å². The number of piperidine rings is 1. The molecule has 0 bridgehead atoms. The van der Waals surface area contributed by atoms with Crippen LogP contribution in [0.5, 0.6) is 0 Å². The average Bonchev–Trinajstić information content (AvgIpc) is 2.79. The van der Waals surface area contributed by atoms with Crippen molar-refractivity contribution < 1.29 is 0 Å². The largest absolute Gasteiger partial charge is 0.290 e. The lowest BCUT2D eigenvalue weighted by molar-refractivity contribution is -0.0285. The molecule has 1 spiro atoms. The fourth-order valence-corrected chi connectivity index (χ4v) is 4.10. The molecule has 1 unspecified atom stereocenters. The normalized spacial score (nSPS) is 29.6. The van der Waals surface area contributed by atoms with Crippen LogP contribution in [0.4, 0.5) is 0 Å². The van der Waals surface area contributed by atoms with Gasteiger partial charge in [0.25, 0.3) is 0 Å². The second-order valence-corrected chi connectivity index (χ2v) is 8.58. The molecule has 1 heterocycles. The molecule has 1 nitrogen and oxygen atoms in total. The first-order valence-corrected chi connectivity index (χ1v) is 7.44. The minimum Gasteiger partial charge on any atom is -0.290 e. The quantitative estimate of drug-likeness (QED) is 0.644. The molecule has 0 aromatic rings. The van der Waals surface area contributed by atoms with E-state index < -0.39 is 0 Å². The molecule has 0 aromatic carbocycles. The lowest BCUT2D eigenvalue weighted by atomic mass is 9.79.